The number of hydrogen-bond donors (Lipinski definition) is 3. The number of anilines is 2. The summed E-state index contributed by atoms with van der Waals surface area (Å²) in [7, 11) is 0. The Hall–Kier alpha value is -2.17. The summed E-state index contributed by atoms with van der Waals surface area (Å²) < 4.78 is 45.3. The topological polar surface area (TPSA) is 89.3 Å². The van der Waals surface area contributed by atoms with Crippen LogP contribution in [-0.2, 0) is 15.7 Å². The van der Waals surface area contributed by atoms with Crippen LogP contribution in [0.4, 0.5) is 24.5 Å². The summed E-state index contributed by atoms with van der Waals surface area (Å²) in [6.45, 7) is 2.35. The monoisotopic (exact) mass is 472 g/mol. The summed E-state index contributed by atoms with van der Waals surface area (Å²) in [5, 5.41) is 5.54. The molecule has 1 fully saturated rings. The Bertz CT molecular complexity index is 884. The molecule has 1 aliphatic heterocycles. The first-order chi connectivity index (χ1) is 13.6. The molecule has 0 spiro atoms. The molecule has 4 N–H and O–H groups in total. The van der Waals surface area contributed by atoms with Crippen LogP contribution in [-0.4, -0.2) is 29.6 Å². The third-order valence-electron chi connectivity index (χ3n) is 4.65. The lowest BCUT2D eigenvalue weighted by molar-refractivity contribution is -0.137. The van der Waals surface area contributed by atoms with Crippen LogP contribution >= 0.6 is 15.9 Å². The van der Waals surface area contributed by atoms with Crippen LogP contribution in [0.1, 0.15) is 30.6 Å². The molecule has 2 unspecified atom stereocenters. The lowest BCUT2D eigenvalue weighted by Crippen LogP contribution is -2.55. The normalized spacial score (nSPS) is 20.3. The van der Waals surface area contributed by atoms with E-state index in [4.69, 9.17) is 10.5 Å². The van der Waals surface area contributed by atoms with E-state index in [2.05, 4.69) is 31.5 Å². The summed E-state index contributed by atoms with van der Waals surface area (Å²) in [4.78, 5) is 16.6. The Labute approximate surface area is 174 Å². The number of halogens is 4. The maximum absolute atomic E-state index is 13.2. The fraction of sp³-hybridized carbons (Fsp3) is 0.368. The molecule has 1 saturated heterocycles. The number of carbonyl (C=O) groups excluding carboxylic acids is 1. The van der Waals surface area contributed by atoms with Crippen molar-refractivity contribution in [2.75, 3.05) is 18.5 Å². The minimum atomic E-state index is -4.50. The Balaban J connectivity index is 1.70. The van der Waals surface area contributed by atoms with Crippen molar-refractivity contribution in [1.82, 2.24) is 10.3 Å². The fourth-order valence-corrected chi connectivity index (χ4v) is 3.29. The number of carbonyl (C=O) groups is 1. The maximum Gasteiger partial charge on any atom is 0.418 e. The molecule has 0 aliphatic carbocycles. The molecule has 3 rings (SSSR count). The first kappa shape index (κ1) is 21.5. The number of amides is 1. The summed E-state index contributed by atoms with van der Waals surface area (Å²) in [5.41, 5.74) is 5.06. The lowest BCUT2D eigenvalue weighted by atomic mass is 9.98. The first-order valence-electron chi connectivity index (χ1n) is 8.86. The number of aromatic nitrogens is 1. The second kappa shape index (κ2) is 8.29. The van der Waals surface area contributed by atoms with Crippen LogP contribution in [0.25, 0.3) is 0 Å². The van der Waals surface area contributed by atoms with E-state index >= 15 is 0 Å². The van der Waals surface area contributed by atoms with Crippen LogP contribution in [0, 0.1) is 0 Å². The number of pyridine rings is 1. The third kappa shape index (κ3) is 5.06. The van der Waals surface area contributed by atoms with Crippen molar-refractivity contribution in [2.45, 2.75) is 31.1 Å². The van der Waals surface area contributed by atoms with Gasteiger partial charge < -0.3 is 21.1 Å². The largest absolute Gasteiger partial charge is 0.418 e. The van der Waals surface area contributed by atoms with Gasteiger partial charge in [0.15, 0.2) is 0 Å². The molecule has 0 radical (unpaired) electrons. The molecular formula is C19H20BrF3N4O2. The van der Waals surface area contributed by atoms with E-state index < -0.39 is 23.3 Å². The average Bonchev–Trinajstić information content (AvgIpc) is 3.11. The number of hydrogen-bond acceptors (Lipinski definition) is 5. The molecule has 0 bridgehead atoms. The molecule has 2 atom stereocenters. The summed E-state index contributed by atoms with van der Waals surface area (Å²) in [6, 6.07) is 6.69. The van der Waals surface area contributed by atoms with Crippen molar-refractivity contribution in [2.24, 2.45) is 5.73 Å². The van der Waals surface area contributed by atoms with Crippen LogP contribution in [0.3, 0.4) is 0 Å². The van der Waals surface area contributed by atoms with Gasteiger partial charge in [-0.3, -0.25) is 9.78 Å². The van der Waals surface area contributed by atoms with Crippen molar-refractivity contribution >= 4 is 33.2 Å². The highest BCUT2D eigenvalue weighted by atomic mass is 79.9. The molecule has 2 heterocycles. The number of benzene rings is 1. The zero-order valence-corrected chi connectivity index (χ0v) is 17.1. The number of rotatable bonds is 5. The van der Waals surface area contributed by atoms with E-state index in [9.17, 15) is 18.0 Å². The number of nitrogens with two attached hydrogens (primary N) is 1. The molecular weight excluding hydrogens is 453 g/mol. The van der Waals surface area contributed by atoms with Crippen LogP contribution in [0.15, 0.2) is 41.0 Å². The lowest BCUT2D eigenvalue weighted by Gasteiger charge is -2.23. The summed E-state index contributed by atoms with van der Waals surface area (Å²) in [6.07, 6.45) is -2.64. The number of nitrogens with zero attached hydrogens (tertiary/aromatic N) is 1. The standard InChI is InChI=1S/C19H20BrF3N4O2/c1-11(26-17(28)18(24)6-7-29-10-18)15-5-3-13(9-25-15)27-16-4-2-12(20)8-14(16)19(21,22)23/h2-5,8-9,11,27H,6-7,10,24H2,1H3,(H,26,28). The molecule has 0 saturated carbocycles. The third-order valence-corrected chi connectivity index (χ3v) is 5.14. The average molecular weight is 473 g/mol. The molecule has 1 aromatic carbocycles. The second-order valence-electron chi connectivity index (χ2n) is 6.94. The highest BCUT2D eigenvalue weighted by Crippen LogP contribution is 2.37. The molecule has 1 amide bonds. The van der Waals surface area contributed by atoms with Crippen molar-refractivity contribution in [3.8, 4) is 0 Å². The predicted molar refractivity (Wildman–Crippen MR) is 106 cm³/mol. The Morgan fingerprint density at radius 3 is 2.69 bits per heavy atom. The first-order valence-corrected chi connectivity index (χ1v) is 9.65. The van der Waals surface area contributed by atoms with Gasteiger partial charge in [0.1, 0.15) is 5.54 Å². The van der Waals surface area contributed by atoms with Crippen molar-refractivity contribution < 1.29 is 22.7 Å². The smallest absolute Gasteiger partial charge is 0.379 e. The SMILES string of the molecule is CC(NC(=O)C1(N)CCOC1)c1ccc(Nc2ccc(Br)cc2C(F)(F)F)cn1. The van der Waals surface area contributed by atoms with Gasteiger partial charge in [-0.1, -0.05) is 15.9 Å². The van der Waals surface area contributed by atoms with Crippen molar-refractivity contribution in [3.05, 3.63) is 52.3 Å². The van der Waals surface area contributed by atoms with Gasteiger partial charge in [-0.25, -0.2) is 0 Å². The Morgan fingerprint density at radius 1 is 1.34 bits per heavy atom. The zero-order chi connectivity index (χ0) is 21.2. The van der Waals surface area contributed by atoms with Crippen LogP contribution < -0.4 is 16.4 Å². The predicted octanol–water partition coefficient (Wildman–Crippen LogP) is 3.90. The Kier molecular flexibility index (Phi) is 6.16. The number of ether oxygens (including phenoxy) is 1. The van der Waals surface area contributed by atoms with Crippen molar-refractivity contribution in [1.29, 1.82) is 0 Å². The maximum atomic E-state index is 13.2. The highest BCUT2D eigenvalue weighted by molar-refractivity contribution is 9.10. The molecule has 10 heteroatoms. The number of nitrogens with one attached hydrogen (secondary N) is 2. The van der Waals surface area contributed by atoms with Gasteiger partial charge in [0.25, 0.3) is 0 Å². The van der Waals surface area contributed by atoms with E-state index in [0.717, 1.165) is 6.07 Å². The van der Waals surface area contributed by atoms with Gasteiger partial charge in [0, 0.05) is 11.1 Å². The molecule has 6 nitrogen and oxygen atoms in total. The van der Waals surface area contributed by atoms with E-state index in [1.54, 1.807) is 19.1 Å². The summed E-state index contributed by atoms with van der Waals surface area (Å²) >= 11 is 3.06. The van der Waals surface area contributed by atoms with E-state index in [0.29, 0.717) is 28.9 Å². The minimum absolute atomic E-state index is 0.0806. The van der Waals surface area contributed by atoms with Gasteiger partial charge in [-0.05, 0) is 43.7 Å². The Morgan fingerprint density at radius 2 is 2.10 bits per heavy atom. The quantitative estimate of drug-likeness (QED) is 0.613. The van der Waals surface area contributed by atoms with Crippen LogP contribution in [0.5, 0.6) is 0 Å². The van der Waals surface area contributed by atoms with Crippen LogP contribution in [0.2, 0.25) is 0 Å². The van der Waals surface area contributed by atoms with Crippen molar-refractivity contribution in [3.63, 3.8) is 0 Å². The highest BCUT2D eigenvalue weighted by Gasteiger charge is 2.39. The van der Waals surface area contributed by atoms with Gasteiger partial charge in [0.05, 0.1) is 41.5 Å². The van der Waals surface area contributed by atoms with E-state index in [1.807, 2.05) is 0 Å². The number of alkyl halides is 3. The van der Waals surface area contributed by atoms with Gasteiger partial charge >= 0.3 is 6.18 Å². The van der Waals surface area contributed by atoms with E-state index in [-0.39, 0.29) is 18.2 Å². The molecule has 156 valence electrons. The van der Waals surface area contributed by atoms with Gasteiger partial charge in [-0.15, -0.1) is 0 Å². The fourth-order valence-electron chi connectivity index (χ4n) is 2.93. The van der Waals surface area contributed by atoms with Gasteiger partial charge in [-0.2, -0.15) is 13.2 Å². The minimum Gasteiger partial charge on any atom is -0.379 e. The second-order valence-corrected chi connectivity index (χ2v) is 7.85. The molecule has 1 aliphatic rings. The zero-order valence-electron chi connectivity index (χ0n) is 15.5. The molecule has 29 heavy (non-hydrogen) atoms. The summed E-state index contributed by atoms with van der Waals surface area (Å²) in [5.74, 6) is -0.323. The van der Waals surface area contributed by atoms with Gasteiger partial charge in [0.2, 0.25) is 5.91 Å². The molecule has 2 aromatic rings. The molecule has 1 aromatic heterocycles. The van der Waals surface area contributed by atoms with E-state index in [1.165, 1.54) is 18.3 Å².